The first-order valence-corrected chi connectivity index (χ1v) is 5.67. The van der Waals surface area contributed by atoms with Crippen LogP contribution in [0.15, 0.2) is 22.1 Å². The molecule has 0 bridgehead atoms. The fourth-order valence-electron chi connectivity index (χ4n) is 0.905. The van der Waals surface area contributed by atoms with E-state index in [1.54, 1.807) is 12.5 Å². The molecule has 0 atom stereocenters. The topological polar surface area (TPSA) is 63.8 Å². The van der Waals surface area contributed by atoms with Crippen molar-refractivity contribution in [3.8, 4) is 0 Å². The van der Waals surface area contributed by atoms with Gasteiger partial charge in [0.25, 0.3) is 5.22 Å². The molecule has 0 aliphatic carbocycles. The average Bonchev–Trinajstić information content (AvgIpc) is 2.85. The molecule has 0 radical (unpaired) electrons. The van der Waals surface area contributed by atoms with Gasteiger partial charge in [0.1, 0.15) is 17.0 Å². The first kappa shape index (κ1) is 9.47. The summed E-state index contributed by atoms with van der Waals surface area (Å²) in [5.74, 6) is 0.715. The summed E-state index contributed by atoms with van der Waals surface area (Å²) >= 11 is 2.85. The Balaban J connectivity index is 1.98. The number of hydrogen-bond acceptors (Lipinski definition) is 7. The zero-order valence-electron chi connectivity index (χ0n) is 7.43. The number of nitrogens with one attached hydrogen (secondary N) is 1. The van der Waals surface area contributed by atoms with Crippen LogP contribution in [0.25, 0.3) is 0 Å². The van der Waals surface area contributed by atoms with Crippen LogP contribution in [-0.2, 0) is 5.75 Å². The van der Waals surface area contributed by atoms with E-state index >= 15 is 0 Å². The lowest BCUT2D eigenvalue weighted by Gasteiger charge is -1.96. The molecule has 74 valence electrons. The van der Waals surface area contributed by atoms with Gasteiger partial charge in [0.15, 0.2) is 0 Å². The van der Waals surface area contributed by atoms with Crippen LogP contribution in [0.5, 0.6) is 0 Å². The first-order valence-electron chi connectivity index (χ1n) is 3.91. The molecule has 0 spiro atoms. The minimum absolute atomic E-state index is 0.653. The van der Waals surface area contributed by atoms with E-state index in [9.17, 15) is 0 Å². The highest BCUT2D eigenvalue weighted by molar-refractivity contribution is 7.98. The van der Waals surface area contributed by atoms with Gasteiger partial charge in [-0.3, -0.25) is 0 Å². The molecule has 2 aromatic rings. The number of anilines is 1. The normalized spacial score (nSPS) is 10.4. The number of rotatable bonds is 4. The van der Waals surface area contributed by atoms with E-state index in [0.29, 0.717) is 11.0 Å². The van der Waals surface area contributed by atoms with Crippen LogP contribution in [0.4, 0.5) is 5.00 Å². The van der Waals surface area contributed by atoms with Gasteiger partial charge in [-0.25, -0.2) is 4.98 Å². The van der Waals surface area contributed by atoms with Crippen molar-refractivity contribution < 1.29 is 4.42 Å². The van der Waals surface area contributed by atoms with Gasteiger partial charge < -0.3 is 9.73 Å². The third-order valence-electron chi connectivity index (χ3n) is 1.52. The highest BCUT2D eigenvalue weighted by atomic mass is 32.2. The van der Waals surface area contributed by atoms with Crippen LogP contribution < -0.4 is 5.32 Å². The number of hydrogen-bond donors (Lipinski definition) is 1. The highest BCUT2D eigenvalue weighted by Crippen LogP contribution is 2.25. The summed E-state index contributed by atoms with van der Waals surface area (Å²) in [6, 6.07) is 0. The Bertz CT molecular complexity index is 386. The Morgan fingerprint density at radius 2 is 2.57 bits per heavy atom. The lowest BCUT2D eigenvalue weighted by molar-refractivity contribution is 0.454. The largest absolute Gasteiger partial charge is 0.440 e. The minimum Gasteiger partial charge on any atom is -0.440 e. The summed E-state index contributed by atoms with van der Waals surface area (Å²) in [4.78, 5) is 4.00. The minimum atomic E-state index is 0.653. The predicted molar refractivity (Wildman–Crippen MR) is 55.5 cm³/mol. The van der Waals surface area contributed by atoms with Crippen molar-refractivity contribution in [2.45, 2.75) is 11.0 Å². The molecule has 1 N–H and O–H groups in total. The maximum atomic E-state index is 5.09. The predicted octanol–water partition coefficient (Wildman–Crippen LogP) is 1.86. The van der Waals surface area contributed by atoms with Crippen molar-refractivity contribution in [3.63, 3.8) is 0 Å². The summed E-state index contributed by atoms with van der Waals surface area (Å²) in [6.45, 7) is 0. The van der Waals surface area contributed by atoms with E-state index in [-0.39, 0.29) is 0 Å². The summed E-state index contributed by atoms with van der Waals surface area (Å²) in [6.07, 6.45) is 3.18. The lowest BCUT2D eigenvalue weighted by atomic mass is 10.5. The monoisotopic (exact) mass is 228 g/mol. The molecular weight excluding hydrogens is 220 g/mol. The van der Waals surface area contributed by atoms with Gasteiger partial charge in [-0.1, -0.05) is 16.3 Å². The van der Waals surface area contributed by atoms with E-state index in [4.69, 9.17) is 4.42 Å². The second kappa shape index (κ2) is 4.43. The van der Waals surface area contributed by atoms with Crippen LogP contribution in [0.2, 0.25) is 0 Å². The summed E-state index contributed by atoms with van der Waals surface area (Å²) in [5, 5.41) is 8.68. The van der Waals surface area contributed by atoms with Crippen molar-refractivity contribution in [3.05, 3.63) is 18.2 Å². The molecule has 2 heterocycles. The Labute approximate surface area is 89.1 Å². The third-order valence-corrected chi connectivity index (χ3v) is 3.18. The van der Waals surface area contributed by atoms with Crippen molar-refractivity contribution in [1.29, 1.82) is 0 Å². The molecule has 5 nitrogen and oxygen atoms in total. The molecule has 0 unspecified atom stereocenters. The first-order chi connectivity index (χ1) is 6.90. The Hall–Kier alpha value is -1.08. The smallest absolute Gasteiger partial charge is 0.255 e. The molecule has 0 aliphatic heterocycles. The van der Waals surface area contributed by atoms with Gasteiger partial charge in [0.05, 0.1) is 11.9 Å². The number of nitrogens with zero attached hydrogens (tertiary/aromatic N) is 3. The van der Waals surface area contributed by atoms with Crippen LogP contribution in [-0.4, -0.2) is 21.6 Å². The number of thioether (sulfide) groups is 1. The Kier molecular flexibility index (Phi) is 3.00. The maximum absolute atomic E-state index is 5.09. The fraction of sp³-hybridized carbons (Fsp3) is 0.286. The maximum Gasteiger partial charge on any atom is 0.255 e. The van der Waals surface area contributed by atoms with Crippen LogP contribution in [0.1, 0.15) is 5.69 Å². The van der Waals surface area contributed by atoms with Gasteiger partial charge in [0.2, 0.25) is 0 Å². The van der Waals surface area contributed by atoms with Gasteiger partial charge in [-0.2, -0.15) is 0 Å². The molecule has 14 heavy (non-hydrogen) atoms. The highest BCUT2D eigenvalue weighted by Gasteiger charge is 2.08. The molecule has 0 aliphatic rings. The summed E-state index contributed by atoms with van der Waals surface area (Å²) in [7, 11) is 1.86. The second-order valence-electron chi connectivity index (χ2n) is 2.39. The van der Waals surface area contributed by atoms with E-state index in [2.05, 4.69) is 19.9 Å². The number of aromatic nitrogens is 3. The van der Waals surface area contributed by atoms with Gasteiger partial charge >= 0.3 is 0 Å². The average molecular weight is 228 g/mol. The van der Waals surface area contributed by atoms with Crippen molar-refractivity contribution in [2.75, 3.05) is 12.4 Å². The van der Waals surface area contributed by atoms with Crippen molar-refractivity contribution in [2.24, 2.45) is 0 Å². The quantitative estimate of drug-likeness (QED) is 0.806. The summed E-state index contributed by atoms with van der Waals surface area (Å²) < 4.78 is 8.95. The van der Waals surface area contributed by atoms with Crippen LogP contribution in [0, 0.1) is 0 Å². The van der Waals surface area contributed by atoms with Gasteiger partial charge in [-0.05, 0) is 0 Å². The fourth-order valence-corrected chi connectivity index (χ4v) is 2.25. The zero-order chi connectivity index (χ0) is 9.80. The van der Waals surface area contributed by atoms with E-state index in [1.807, 2.05) is 7.05 Å². The molecule has 0 fully saturated rings. The molecule has 0 saturated carbocycles. The molecule has 0 saturated heterocycles. The molecule has 2 rings (SSSR count). The summed E-state index contributed by atoms with van der Waals surface area (Å²) in [5.41, 5.74) is 0.931. The van der Waals surface area contributed by atoms with E-state index in [1.165, 1.54) is 23.3 Å². The molecule has 7 heteroatoms. The Morgan fingerprint density at radius 3 is 3.29 bits per heavy atom. The van der Waals surface area contributed by atoms with Crippen molar-refractivity contribution >= 4 is 28.3 Å². The molecular formula is C7H8N4OS2. The molecule has 0 amide bonds. The Morgan fingerprint density at radius 1 is 1.64 bits per heavy atom. The lowest BCUT2D eigenvalue weighted by Crippen LogP contribution is -1.90. The molecule has 0 aromatic carbocycles. The van der Waals surface area contributed by atoms with Gasteiger partial charge in [0, 0.05) is 18.6 Å². The van der Waals surface area contributed by atoms with E-state index in [0.717, 1.165) is 10.7 Å². The SMILES string of the molecule is CNc1snnc1CSc1ncco1. The number of oxazole rings is 1. The molecule has 2 aromatic heterocycles. The standard InChI is InChI=1S/C7H8N4OS2/c1-8-6-5(10-11-14-6)4-13-7-9-2-3-12-7/h2-3,8H,4H2,1H3. The van der Waals surface area contributed by atoms with Crippen molar-refractivity contribution in [1.82, 2.24) is 14.6 Å². The zero-order valence-corrected chi connectivity index (χ0v) is 9.06. The van der Waals surface area contributed by atoms with Gasteiger partial charge in [-0.15, -0.1) is 5.10 Å². The second-order valence-corrected chi connectivity index (χ2v) is 4.07. The van der Waals surface area contributed by atoms with Crippen LogP contribution in [0.3, 0.4) is 0 Å². The van der Waals surface area contributed by atoms with Crippen LogP contribution >= 0.6 is 23.3 Å². The van der Waals surface area contributed by atoms with E-state index < -0.39 is 0 Å². The third kappa shape index (κ3) is 2.05.